The van der Waals surface area contributed by atoms with Crippen LogP contribution < -0.4 is 0 Å². The lowest BCUT2D eigenvalue weighted by atomic mass is 9.94. The Morgan fingerprint density at radius 3 is 2.71 bits per heavy atom. The molecule has 1 rings (SSSR count). The average molecular weight is 195 g/mol. The number of ether oxygens (including phenoxy) is 1. The Bertz CT molecular complexity index is 209. The fraction of sp³-hybridized carbons (Fsp3) is 0.917. The lowest BCUT2D eigenvalue weighted by Gasteiger charge is -2.24. The molecule has 2 nitrogen and oxygen atoms in total. The second kappa shape index (κ2) is 5.36. The highest BCUT2D eigenvalue weighted by Crippen LogP contribution is 2.33. The number of hydrogen-bond acceptors (Lipinski definition) is 2. The Kier molecular flexibility index (Phi) is 4.41. The summed E-state index contributed by atoms with van der Waals surface area (Å²) >= 11 is 0. The molecule has 0 spiro atoms. The Morgan fingerprint density at radius 1 is 1.36 bits per heavy atom. The predicted molar refractivity (Wildman–Crippen MR) is 56.8 cm³/mol. The molecule has 0 N–H and O–H groups in total. The Morgan fingerprint density at radius 2 is 2.14 bits per heavy atom. The van der Waals surface area contributed by atoms with Gasteiger partial charge < -0.3 is 4.74 Å². The molecule has 0 aromatic carbocycles. The third-order valence-corrected chi connectivity index (χ3v) is 3.35. The Hall–Kier alpha value is -0.550. The van der Waals surface area contributed by atoms with Crippen LogP contribution in [0, 0.1) is 17.2 Å². The number of rotatable bonds is 3. The van der Waals surface area contributed by atoms with Crippen molar-refractivity contribution in [2.45, 2.75) is 58.0 Å². The van der Waals surface area contributed by atoms with Crippen LogP contribution in [0.4, 0.5) is 0 Å². The highest BCUT2D eigenvalue weighted by Gasteiger charge is 2.33. The maximum absolute atomic E-state index is 9.18. The van der Waals surface area contributed by atoms with Gasteiger partial charge in [-0.2, -0.15) is 5.26 Å². The smallest absolute Gasteiger partial charge is 0.154 e. The highest BCUT2D eigenvalue weighted by molar-refractivity contribution is 5.03. The van der Waals surface area contributed by atoms with Crippen molar-refractivity contribution >= 4 is 0 Å². The van der Waals surface area contributed by atoms with E-state index in [1.54, 1.807) is 0 Å². The van der Waals surface area contributed by atoms with Gasteiger partial charge in [-0.15, -0.1) is 0 Å². The van der Waals surface area contributed by atoms with E-state index in [0.717, 1.165) is 31.6 Å². The minimum atomic E-state index is -0.460. The van der Waals surface area contributed by atoms with Gasteiger partial charge in [0.05, 0.1) is 6.07 Å². The molecule has 80 valence electrons. The van der Waals surface area contributed by atoms with Gasteiger partial charge in [-0.3, -0.25) is 0 Å². The first-order chi connectivity index (χ1) is 6.76. The summed E-state index contributed by atoms with van der Waals surface area (Å²) < 4.78 is 5.63. The normalized spacial score (nSPS) is 33.4. The molecule has 1 aliphatic carbocycles. The van der Waals surface area contributed by atoms with Gasteiger partial charge in [-0.25, -0.2) is 0 Å². The Balaban J connectivity index is 2.58. The fourth-order valence-corrected chi connectivity index (χ4v) is 2.36. The van der Waals surface area contributed by atoms with Crippen LogP contribution in [0.2, 0.25) is 0 Å². The lowest BCUT2D eigenvalue weighted by molar-refractivity contribution is -0.00630. The van der Waals surface area contributed by atoms with Crippen molar-refractivity contribution in [2.24, 2.45) is 5.92 Å². The second-order valence-electron chi connectivity index (χ2n) is 4.24. The van der Waals surface area contributed by atoms with Crippen LogP contribution in [0.25, 0.3) is 0 Å². The molecule has 14 heavy (non-hydrogen) atoms. The summed E-state index contributed by atoms with van der Waals surface area (Å²) in [5, 5.41) is 9.18. The maximum atomic E-state index is 9.18. The minimum Gasteiger partial charge on any atom is -0.360 e. The minimum absolute atomic E-state index is 0.460. The van der Waals surface area contributed by atoms with Crippen molar-refractivity contribution in [3.8, 4) is 6.07 Å². The first-order valence-electron chi connectivity index (χ1n) is 5.81. The molecule has 2 heteroatoms. The van der Waals surface area contributed by atoms with E-state index in [0.29, 0.717) is 6.61 Å². The molecule has 0 aromatic heterocycles. The molecule has 0 radical (unpaired) electrons. The molecule has 0 bridgehead atoms. The monoisotopic (exact) mass is 195 g/mol. The predicted octanol–water partition coefficient (Wildman–Crippen LogP) is 3.28. The summed E-state index contributed by atoms with van der Waals surface area (Å²) in [6.45, 7) is 4.87. The van der Waals surface area contributed by atoms with E-state index >= 15 is 0 Å². The zero-order valence-electron chi connectivity index (χ0n) is 9.38. The highest BCUT2D eigenvalue weighted by atomic mass is 16.5. The van der Waals surface area contributed by atoms with E-state index in [9.17, 15) is 5.26 Å². The largest absolute Gasteiger partial charge is 0.360 e. The van der Waals surface area contributed by atoms with Crippen molar-refractivity contribution in [1.29, 1.82) is 5.26 Å². The number of nitriles is 1. The van der Waals surface area contributed by atoms with Gasteiger partial charge in [0.2, 0.25) is 0 Å². The van der Waals surface area contributed by atoms with Crippen molar-refractivity contribution in [3.63, 3.8) is 0 Å². The van der Waals surface area contributed by atoms with Gasteiger partial charge in [-0.05, 0) is 38.5 Å². The van der Waals surface area contributed by atoms with Gasteiger partial charge in [0.25, 0.3) is 0 Å². The SMILES string of the molecule is CCOC1(C#N)CCCC(CC)CC1. The summed E-state index contributed by atoms with van der Waals surface area (Å²) in [6.07, 6.45) is 6.67. The molecule has 2 atom stereocenters. The molecular formula is C12H21NO. The Labute approximate surface area is 87.3 Å². The molecule has 2 unspecified atom stereocenters. The van der Waals surface area contributed by atoms with E-state index in [1.807, 2.05) is 6.92 Å². The van der Waals surface area contributed by atoms with Gasteiger partial charge in [0.15, 0.2) is 5.60 Å². The summed E-state index contributed by atoms with van der Waals surface area (Å²) in [5.41, 5.74) is -0.460. The molecule has 1 fully saturated rings. The van der Waals surface area contributed by atoms with Crippen LogP contribution in [0.1, 0.15) is 52.4 Å². The van der Waals surface area contributed by atoms with Crippen molar-refractivity contribution in [1.82, 2.24) is 0 Å². The first kappa shape index (κ1) is 11.5. The van der Waals surface area contributed by atoms with E-state index in [1.165, 1.54) is 12.8 Å². The summed E-state index contributed by atoms with van der Waals surface area (Å²) in [6, 6.07) is 2.38. The second-order valence-corrected chi connectivity index (χ2v) is 4.24. The molecule has 0 saturated heterocycles. The van der Waals surface area contributed by atoms with Gasteiger partial charge >= 0.3 is 0 Å². The third kappa shape index (κ3) is 2.72. The average Bonchev–Trinajstić information content (AvgIpc) is 2.42. The van der Waals surface area contributed by atoms with Crippen LogP contribution in [0.15, 0.2) is 0 Å². The van der Waals surface area contributed by atoms with Gasteiger partial charge in [0.1, 0.15) is 0 Å². The van der Waals surface area contributed by atoms with Crippen LogP contribution in [-0.2, 0) is 4.74 Å². The molecular weight excluding hydrogens is 174 g/mol. The maximum Gasteiger partial charge on any atom is 0.154 e. The van der Waals surface area contributed by atoms with E-state index in [2.05, 4.69) is 13.0 Å². The molecule has 1 saturated carbocycles. The van der Waals surface area contributed by atoms with Crippen LogP contribution in [0.5, 0.6) is 0 Å². The number of hydrogen-bond donors (Lipinski definition) is 0. The van der Waals surface area contributed by atoms with Crippen LogP contribution >= 0.6 is 0 Å². The molecule has 0 aliphatic heterocycles. The fourth-order valence-electron chi connectivity index (χ4n) is 2.36. The van der Waals surface area contributed by atoms with Crippen LogP contribution in [-0.4, -0.2) is 12.2 Å². The molecule has 1 aliphatic rings. The van der Waals surface area contributed by atoms with Crippen molar-refractivity contribution in [2.75, 3.05) is 6.61 Å². The summed E-state index contributed by atoms with van der Waals surface area (Å²) in [7, 11) is 0. The van der Waals surface area contributed by atoms with E-state index < -0.39 is 5.60 Å². The first-order valence-corrected chi connectivity index (χ1v) is 5.81. The zero-order valence-corrected chi connectivity index (χ0v) is 9.38. The van der Waals surface area contributed by atoms with Crippen LogP contribution in [0.3, 0.4) is 0 Å². The van der Waals surface area contributed by atoms with Gasteiger partial charge in [-0.1, -0.05) is 19.8 Å². The third-order valence-electron chi connectivity index (χ3n) is 3.35. The van der Waals surface area contributed by atoms with E-state index in [-0.39, 0.29) is 0 Å². The molecule has 0 heterocycles. The van der Waals surface area contributed by atoms with Crippen molar-refractivity contribution in [3.05, 3.63) is 0 Å². The van der Waals surface area contributed by atoms with Gasteiger partial charge in [0, 0.05) is 6.61 Å². The molecule has 0 aromatic rings. The summed E-state index contributed by atoms with van der Waals surface area (Å²) in [4.78, 5) is 0. The van der Waals surface area contributed by atoms with Crippen molar-refractivity contribution < 1.29 is 4.74 Å². The zero-order chi connectivity index (χ0) is 10.4. The topological polar surface area (TPSA) is 33.0 Å². The number of nitrogens with zero attached hydrogens (tertiary/aromatic N) is 1. The van der Waals surface area contributed by atoms with E-state index in [4.69, 9.17) is 4.74 Å². The summed E-state index contributed by atoms with van der Waals surface area (Å²) in [5.74, 6) is 0.811. The quantitative estimate of drug-likeness (QED) is 0.647. The molecule has 0 amide bonds. The standard InChI is InChI=1S/C12H21NO/c1-3-11-6-5-8-12(10-13,9-7-11)14-4-2/h11H,3-9H2,1-2H3. The lowest BCUT2D eigenvalue weighted by Crippen LogP contribution is -2.30.